The second-order valence-corrected chi connectivity index (χ2v) is 17.9. The SMILES string of the molecule is CC(C)(C)OC(=O)N1CC(C=O)C1.Cl.Cn1cc2cc(NC(=O)c3cnc(N4CC(CN5CC[C@@H](F)C5)C4)cn3)cc(F)c2n1.F[C@@H]1CCN(CC2CNC2)C1.F[C@@H]1CCNC1. The summed E-state index contributed by atoms with van der Waals surface area (Å²) < 4.78 is 58.7. The number of aromatic nitrogens is 4. The van der Waals surface area contributed by atoms with E-state index >= 15 is 0 Å². The number of fused-ring (bicyclic) bond motifs is 1. The van der Waals surface area contributed by atoms with Gasteiger partial charge in [-0.25, -0.2) is 32.3 Å². The van der Waals surface area contributed by atoms with E-state index in [1.165, 1.54) is 21.8 Å². The average Bonchev–Trinajstić information content (AvgIpc) is 3.97. The molecule has 2 aromatic heterocycles. The first-order valence-electron chi connectivity index (χ1n) is 21.3. The summed E-state index contributed by atoms with van der Waals surface area (Å²) in [5.74, 6) is 1.04. The highest BCUT2D eigenvalue weighted by molar-refractivity contribution is 6.03. The predicted molar refractivity (Wildman–Crippen MR) is 232 cm³/mol. The highest BCUT2D eigenvalue weighted by atomic mass is 35.5. The average molecular weight is 896 g/mol. The number of carbonyl (C=O) groups is 3. The lowest BCUT2D eigenvalue weighted by molar-refractivity contribution is -0.115. The van der Waals surface area contributed by atoms with Crippen LogP contribution >= 0.6 is 12.4 Å². The van der Waals surface area contributed by atoms with Gasteiger partial charge in [0, 0.05) is 115 Å². The molecular formula is C42H62ClF4N11O4. The van der Waals surface area contributed by atoms with Crippen LogP contribution < -0.4 is 20.9 Å². The molecule has 6 aliphatic rings. The zero-order valence-corrected chi connectivity index (χ0v) is 36.9. The molecule has 6 fully saturated rings. The molecular weight excluding hydrogens is 834 g/mol. The summed E-state index contributed by atoms with van der Waals surface area (Å²) in [5, 5.41) is 13.4. The number of rotatable bonds is 8. The molecule has 0 bridgehead atoms. The summed E-state index contributed by atoms with van der Waals surface area (Å²) in [7, 11) is 1.71. The molecule has 15 nitrogen and oxygen atoms in total. The van der Waals surface area contributed by atoms with Crippen LogP contribution in [-0.2, 0) is 16.6 Å². The molecule has 344 valence electrons. The Bertz CT molecular complexity index is 1900. The number of likely N-dealkylation sites (tertiary alicyclic amines) is 3. The Morgan fingerprint density at radius 1 is 0.871 bits per heavy atom. The molecule has 62 heavy (non-hydrogen) atoms. The van der Waals surface area contributed by atoms with E-state index in [1.54, 1.807) is 25.5 Å². The number of anilines is 2. The van der Waals surface area contributed by atoms with Crippen LogP contribution in [0.1, 0.15) is 50.5 Å². The van der Waals surface area contributed by atoms with Gasteiger partial charge >= 0.3 is 6.09 Å². The molecule has 0 unspecified atom stereocenters. The van der Waals surface area contributed by atoms with E-state index in [-0.39, 0.29) is 35.6 Å². The number of halogens is 5. The fraction of sp³-hybridized carbons (Fsp3) is 0.667. The number of aldehydes is 1. The van der Waals surface area contributed by atoms with E-state index in [0.717, 1.165) is 77.5 Å². The van der Waals surface area contributed by atoms with Crippen LogP contribution in [0.2, 0.25) is 0 Å². The number of hydrogen-bond acceptors (Lipinski definition) is 12. The van der Waals surface area contributed by atoms with E-state index in [1.807, 2.05) is 20.8 Å². The van der Waals surface area contributed by atoms with Crippen molar-refractivity contribution in [3.63, 3.8) is 0 Å². The van der Waals surface area contributed by atoms with Gasteiger partial charge in [0.25, 0.3) is 5.91 Å². The van der Waals surface area contributed by atoms with Gasteiger partial charge in [0.2, 0.25) is 0 Å². The van der Waals surface area contributed by atoms with E-state index in [4.69, 9.17) is 4.74 Å². The Labute approximate surface area is 367 Å². The Hall–Kier alpha value is -4.17. The van der Waals surface area contributed by atoms with Gasteiger partial charge in [0.1, 0.15) is 47.4 Å². The topological polar surface area (TPSA) is 153 Å². The van der Waals surface area contributed by atoms with Gasteiger partial charge in [-0.15, -0.1) is 12.4 Å². The monoisotopic (exact) mass is 895 g/mol. The van der Waals surface area contributed by atoms with E-state index < -0.39 is 35.8 Å². The molecule has 3 N–H and O–H groups in total. The Morgan fingerprint density at radius 2 is 1.53 bits per heavy atom. The summed E-state index contributed by atoms with van der Waals surface area (Å²) in [6.45, 7) is 16.9. The molecule has 3 aromatic rings. The lowest BCUT2D eigenvalue weighted by Crippen LogP contribution is -2.52. The van der Waals surface area contributed by atoms with E-state index in [0.29, 0.717) is 68.4 Å². The first kappa shape index (κ1) is 48.9. The minimum atomic E-state index is -0.691. The molecule has 6 aliphatic heterocycles. The van der Waals surface area contributed by atoms with Gasteiger partial charge in [-0.05, 0) is 64.6 Å². The Morgan fingerprint density at radius 3 is 2.02 bits per heavy atom. The number of carbonyl (C=O) groups excluding carboxylic acids is 3. The molecule has 9 rings (SSSR count). The first-order chi connectivity index (χ1) is 29.1. The summed E-state index contributed by atoms with van der Waals surface area (Å²) in [6, 6.07) is 2.90. The van der Waals surface area contributed by atoms with Crippen LogP contribution in [0.5, 0.6) is 0 Å². The fourth-order valence-electron chi connectivity index (χ4n) is 7.76. The Balaban J connectivity index is 0.000000191. The number of hydrogen-bond donors (Lipinski definition) is 3. The van der Waals surface area contributed by atoms with Crippen molar-refractivity contribution in [3.05, 3.63) is 42.2 Å². The van der Waals surface area contributed by atoms with Crippen LogP contribution in [0, 0.1) is 23.6 Å². The van der Waals surface area contributed by atoms with Gasteiger partial charge in [-0.2, -0.15) is 5.10 Å². The third-order valence-corrected chi connectivity index (χ3v) is 11.2. The quantitative estimate of drug-likeness (QED) is 0.219. The molecule has 0 spiro atoms. The van der Waals surface area contributed by atoms with Crippen molar-refractivity contribution in [3.8, 4) is 0 Å². The number of amides is 2. The second-order valence-electron chi connectivity index (χ2n) is 17.9. The van der Waals surface area contributed by atoms with Crippen molar-refractivity contribution in [2.75, 3.05) is 102 Å². The highest BCUT2D eigenvalue weighted by Gasteiger charge is 2.34. The third kappa shape index (κ3) is 14.4. The highest BCUT2D eigenvalue weighted by Crippen LogP contribution is 2.26. The van der Waals surface area contributed by atoms with Crippen LogP contribution in [0.25, 0.3) is 10.9 Å². The second kappa shape index (κ2) is 22.4. The normalized spacial score (nSPS) is 23.0. The minimum Gasteiger partial charge on any atom is -0.444 e. The van der Waals surface area contributed by atoms with Crippen molar-refractivity contribution >= 4 is 53.1 Å². The van der Waals surface area contributed by atoms with Crippen LogP contribution in [-0.4, -0.2) is 168 Å². The summed E-state index contributed by atoms with van der Waals surface area (Å²) in [6.07, 6.45) is 5.51. The number of nitrogens with zero attached hydrogens (tertiary/aromatic N) is 8. The summed E-state index contributed by atoms with van der Waals surface area (Å²) in [4.78, 5) is 50.7. The van der Waals surface area contributed by atoms with Crippen molar-refractivity contribution in [2.45, 2.75) is 64.1 Å². The largest absolute Gasteiger partial charge is 0.444 e. The maximum absolute atomic E-state index is 14.2. The minimum absolute atomic E-state index is 0. The number of alkyl halides is 3. The van der Waals surface area contributed by atoms with Crippen LogP contribution in [0.3, 0.4) is 0 Å². The number of ether oxygens (including phenoxy) is 1. The molecule has 0 radical (unpaired) electrons. The standard InChI is InChI=1S/C21H23F2N7O.C9H15NO3.C8H15FN2.C4H8FN.ClH/c1-28-11-14-4-16(5-17(23)20(14)27-28)26-21(31)18-6-25-19(7-24-18)30-9-13(10-30)8-29-3-2-15(22)12-29;1-9(2,3)13-8(12)10-4-7(5-10)6-11;9-8-1-2-11(6-8)5-7-3-10-4-7;5-4-1-2-6-3-4;/h4-7,11,13,15H,2-3,8-10,12H2,1H3,(H,26,31);6-7H,4-5H2,1-3H3;7-8,10H,1-6H2;4,6H,1-3H2;1H/t15-;;8-;4-;/m1.11./s1. The van der Waals surface area contributed by atoms with Gasteiger partial charge in [0.05, 0.1) is 18.3 Å². The maximum Gasteiger partial charge on any atom is 0.410 e. The summed E-state index contributed by atoms with van der Waals surface area (Å²) in [5.41, 5.74) is 0.283. The van der Waals surface area contributed by atoms with Gasteiger partial charge in [0.15, 0.2) is 5.82 Å². The van der Waals surface area contributed by atoms with Gasteiger partial charge in [-0.3, -0.25) is 19.3 Å². The van der Waals surface area contributed by atoms with E-state index in [9.17, 15) is 31.9 Å². The number of nitrogens with one attached hydrogen (secondary N) is 3. The molecule has 1 aromatic carbocycles. The van der Waals surface area contributed by atoms with Crippen molar-refractivity contribution in [1.82, 2.24) is 45.1 Å². The fourth-order valence-corrected chi connectivity index (χ4v) is 7.76. The zero-order valence-electron chi connectivity index (χ0n) is 36.1. The smallest absolute Gasteiger partial charge is 0.410 e. The lowest BCUT2D eigenvalue weighted by atomic mass is 10.00. The Kier molecular flexibility index (Phi) is 17.7. The van der Waals surface area contributed by atoms with Crippen LogP contribution in [0.4, 0.5) is 33.9 Å². The molecule has 0 aliphatic carbocycles. The molecule has 20 heteroatoms. The molecule has 0 saturated carbocycles. The van der Waals surface area contributed by atoms with E-state index in [2.05, 4.69) is 45.7 Å². The molecule has 2 amide bonds. The first-order valence-corrected chi connectivity index (χ1v) is 21.3. The number of aryl methyl sites for hydroxylation is 1. The number of benzene rings is 1. The van der Waals surface area contributed by atoms with Crippen molar-refractivity contribution in [1.29, 1.82) is 0 Å². The molecule has 6 saturated heterocycles. The molecule has 8 heterocycles. The lowest BCUT2D eigenvalue weighted by Gasteiger charge is -2.41. The zero-order chi connectivity index (χ0) is 43.7. The van der Waals surface area contributed by atoms with Crippen LogP contribution in [0.15, 0.2) is 30.7 Å². The predicted octanol–water partition coefficient (Wildman–Crippen LogP) is 4.28. The maximum atomic E-state index is 14.2. The van der Waals surface area contributed by atoms with Crippen molar-refractivity contribution < 1.29 is 36.7 Å². The summed E-state index contributed by atoms with van der Waals surface area (Å²) >= 11 is 0. The van der Waals surface area contributed by atoms with Gasteiger partial charge < -0.3 is 35.3 Å². The van der Waals surface area contributed by atoms with Crippen molar-refractivity contribution in [2.24, 2.45) is 24.8 Å². The third-order valence-electron chi connectivity index (χ3n) is 11.2. The molecule has 3 atom stereocenters. The van der Waals surface area contributed by atoms with Gasteiger partial charge in [-0.1, -0.05) is 0 Å².